The van der Waals surface area contributed by atoms with Crippen LogP contribution in [0.1, 0.15) is 5.56 Å². The van der Waals surface area contributed by atoms with E-state index < -0.39 is 0 Å². The van der Waals surface area contributed by atoms with Crippen LogP contribution >= 0.6 is 22.7 Å². The fraction of sp³-hybridized carbons (Fsp3) is 0.0769. The largest absolute Gasteiger partial charge is 0.380 e. The van der Waals surface area contributed by atoms with Crippen molar-refractivity contribution in [2.75, 3.05) is 5.32 Å². The van der Waals surface area contributed by atoms with Gasteiger partial charge in [-0.05, 0) is 33.8 Å². The van der Waals surface area contributed by atoms with Gasteiger partial charge in [-0.15, -0.1) is 11.3 Å². The van der Waals surface area contributed by atoms with Crippen LogP contribution in [0.15, 0.2) is 46.5 Å². The maximum Gasteiger partial charge on any atom is 0.0451 e. The first kappa shape index (κ1) is 9.87. The molecule has 0 radical (unpaired) electrons. The predicted molar refractivity (Wildman–Crippen MR) is 73.5 cm³/mol. The highest BCUT2D eigenvalue weighted by Crippen LogP contribution is 2.26. The molecule has 2 heterocycles. The number of hydrogen-bond acceptors (Lipinski definition) is 3. The molecule has 80 valence electrons. The average Bonchev–Trinajstić information content (AvgIpc) is 2.96. The van der Waals surface area contributed by atoms with Gasteiger partial charge in [0.1, 0.15) is 0 Å². The maximum absolute atomic E-state index is 3.44. The molecule has 1 aromatic carbocycles. The molecule has 0 spiro atoms. The molecule has 0 saturated carbocycles. The lowest BCUT2D eigenvalue weighted by Gasteiger charge is -2.02. The lowest BCUT2D eigenvalue weighted by atomic mass is 10.2. The average molecular weight is 245 g/mol. The Balaban J connectivity index is 1.84. The molecule has 0 bridgehead atoms. The Morgan fingerprint density at radius 2 is 2.00 bits per heavy atom. The molecule has 0 saturated heterocycles. The summed E-state index contributed by atoms with van der Waals surface area (Å²) < 4.78 is 1.37. The van der Waals surface area contributed by atoms with Crippen LogP contribution in [0.4, 0.5) is 5.69 Å². The number of fused-ring (bicyclic) bond motifs is 1. The van der Waals surface area contributed by atoms with Crippen LogP contribution in [0.2, 0.25) is 0 Å². The lowest BCUT2D eigenvalue weighted by molar-refractivity contribution is 1.18. The standard InChI is InChI=1S/C13H11NS2/c1-2-4-13-12(3-1)10(8-16-13)7-14-11-5-6-15-9-11/h1-6,8-9,14H,7H2. The van der Waals surface area contributed by atoms with E-state index in [1.54, 1.807) is 11.3 Å². The Bertz CT molecular complexity index is 581. The number of rotatable bonds is 3. The van der Waals surface area contributed by atoms with Crippen molar-refractivity contribution in [3.05, 3.63) is 52.0 Å². The SMILES string of the molecule is c1ccc2c(CNc3ccsc3)csc2c1. The zero-order valence-corrected chi connectivity index (χ0v) is 10.3. The quantitative estimate of drug-likeness (QED) is 0.712. The summed E-state index contributed by atoms with van der Waals surface area (Å²) in [5, 5.41) is 11.3. The first-order valence-corrected chi connectivity index (χ1v) is 6.97. The van der Waals surface area contributed by atoms with Crippen LogP contribution in [0.25, 0.3) is 10.1 Å². The number of hydrogen-bond donors (Lipinski definition) is 1. The molecule has 0 unspecified atom stereocenters. The van der Waals surface area contributed by atoms with Crippen LogP contribution in [0.5, 0.6) is 0 Å². The Morgan fingerprint density at radius 1 is 1.06 bits per heavy atom. The van der Waals surface area contributed by atoms with Gasteiger partial charge in [-0.1, -0.05) is 18.2 Å². The van der Waals surface area contributed by atoms with Crippen molar-refractivity contribution in [3.63, 3.8) is 0 Å². The molecule has 0 aliphatic rings. The highest BCUT2D eigenvalue weighted by molar-refractivity contribution is 7.17. The predicted octanol–water partition coefficient (Wildman–Crippen LogP) is 4.57. The highest BCUT2D eigenvalue weighted by atomic mass is 32.1. The molecule has 3 rings (SSSR count). The van der Waals surface area contributed by atoms with Gasteiger partial charge in [-0.3, -0.25) is 0 Å². The summed E-state index contributed by atoms with van der Waals surface area (Å²) in [6.07, 6.45) is 0. The molecule has 0 aliphatic carbocycles. The van der Waals surface area contributed by atoms with E-state index in [1.807, 2.05) is 11.3 Å². The van der Waals surface area contributed by atoms with Crippen LogP contribution < -0.4 is 5.32 Å². The number of benzene rings is 1. The number of anilines is 1. The molecule has 1 nitrogen and oxygen atoms in total. The molecule has 0 atom stereocenters. The summed E-state index contributed by atoms with van der Waals surface area (Å²) in [4.78, 5) is 0. The van der Waals surface area contributed by atoms with Crippen molar-refractivity contribution in [2.24, 2.45) is 0 Å². The number of thiophene rings is 2. The first-order valence-electron chi connectivity index (χ1n) is 5.15. The van der Waals surface area contributed by atoms with E-state index in [4.69, 9.17) is 0 Å². The van der Waals surface area contributed by atoms with Gasteiger partial charge in [0.25, 0.3) is 0 Å². The number of nitrogens with one attached hydrogen (secondary N) is 1. The summed E-state index contributed by atoms with van der Waals surface area (Å²) in [5.74, 6) is 0. The van der Waals surface area contributed by atoms with Gasteiger partial charge in [0, 0.05) is 22.3 Å². The third-order valence-corrected chi connectivity index (χ3v) is 4.26. The minimum atomic E-state index is 0.904. The smallest absolute Gasteiger partial charge is 0.0451 e. The van der Waals surface area contributed by atoms with Gasteiger partial charge in [-0.2, -0.15) is 11.3 Å². The van der Waals surface area contributed by atoms with E-state index in [9.17, 15) is 0 Å². The molecule has 3 heteroatoms. The van der Waals surface area contributed by atoms with Gasteiger partial charge in [0.05, 0.1) is 0 Å². The van der Waals surface area contributed by atoms with E-state index in [2.05, 4.69) is 51.8 Å². The fourth-order valence-corrected chi connectivity index (χ4v) is 3.31. The normalized spacial score (nSPS) is 10.8. The van der Waals surface area contributed by atoms with E-state index in [1.165, 1.54) is 21.3 Å². The zero-order chi connectivity index (χ0) is 10.8. The molecule has 0 aliphatic heterocycles. The van der Waals surface area contributed by atoms with Gasteiger partial charge in [-0.25, -0.2) is 0 Å². The minimum absolute atomic E-state index is 0.904. The van der Waals surface area contributed by atoms with Crippen LogP contribution in [0, 0.1) is 0 Å². The molecular weight excluding hydrogens is 234 g/mol. The van der Waals surface area contributed by atoms with E-state index in [-0.39, 0.29) is 0 Å². The summed E-state index contributed by atoms with van der Waals surface area (Å²) in [7, 11) is 0. The molecule has 3 aromatic rings. The van der Waals surface area contributed by atoms with Gasteiger partial charge < -0.3 is 5.32 Å². The highest BCUT2D eigenvalue weighted by Gasteiger charge is 2.02. The Hall–Kier alpha value is -1.32. The molecule has 1 N–H and O–H groups in total. The van der Waals surface area contributed by atoms with Crippen LogP contribution in [-0.4, -0.2) is 0 Å². The van der Waals surface area contributed by atoms with Gasteiger partial charge in [0.2, 0.25) is 0 Å². The Kier molecular flexibility index (Phi) is 2.64. The summed E-state index contributed by atoms with van der Waals surface area (Å²) in [6, 6.07) is 10.7. The second kappa shape index (κ2) is 4.28. The Labute approximate surface area is 102 Å². The first-order chi connectivity index (χ1) is 7.93. The van der Waals surface area contributed by atoms with E-state index >= 15 is 0 Å². The lowest BCUT2D eigenvalue weighted by Crippen LogP contribution is -1.96. The molecule has 0 amide bonds. The molecule has 0 fully saturated rings. The second-order valence-corrected chi connectivity index (χ2v) is 5.31. The second-order valence-electron chi connectivity index (χ2n) is 3.62. The topological polar surface area (TPSA) is 12.0 Å². The monoisotopic (exact) mass is 245 g/mol. The summed E-state index contributed by atoms with van der Waals surface area (Å²) >= 11 is 3.53. The van der Waals surface area contributed by atoms with Gasteiger partial charge in [0.15, 0.2) is 0 Å². The van der Waals surface area contributed by atoms with Crippen molar-refractivity contribution in [3.8, 4) is 0 Å². The van der Waals surface area contributed by atoms with E-state index in [0.29, 0.717) is 0 Å². The van der Waals surface area contributed by atoms with Crippen molar-refractivity contribution in [1.82, 2.24) is 0 Å². The van der Waals surface area contributed by atoms with Crippen molar-refractivity contribution in [2.45, 2.75) is 6.54 Å². The Morgan fingerprint density at radius 3 is 2.88 bits per heavy atom. The van der Waals surface area contributed by atoms with Crippen molar-refractivity contribution < 1.29 is 0 Å². The van der Waals surface area contributed by atoms with Crippen LogP contribution in [-0.2, 0) is 6.54 Å². The summed E-state index contributed by atoms with van der Waals surface area (Å²) in [5.41, 5.74) is 2.59. The van der Waals surface area contributed by atoms with Gasteiger partial charge >= 0.3 is 0 Å². The third-order valence-electron chi connectivity index (χ3n) is 2.57. The zero-order valence-electron chi connectivity index (χ0n) is 8.64. The van der Waals surface area contributed by atoms with E-state index in [0.717, 1.165) is 6.54 Å². The van der Waals surface area contributed by atoms with Crippen molar-refractivity contribution in [1.29, 1.82) is 0 Å². The molecule has 16 heavy (non-hydrogen) atoms. The molecule has 2 aromatic heterocycles. The fourth-order valence-electron chi connectivity index (χ4n) is 1.73. The third kappa shape index (κ3) is 1.84. The summed E-state index contributed by atoms with van der Waals surface area (Å²) in [6.45, 7) is 0.904. The van der Waals surface area contributed by atoms with Crippen molar-refractivity contribution >= 4 is 38.4 Å². The maximum atomic E-state index is 3.44. The minimum Gasteiger partial charge on any atom is -0.380 e. The van der Waals surface area contributed by atoms with Crippen LogP contribution in [0.3, 0.4) is 0 Å². The molecular formula is C13H11NS2.